The van der Waals surface area contributed by atoms with E-state index < -0.39 is 0 Å². The Labute approximate surface area is 134 Å². The van der Waals surface area contributed by atoms with Crippen LogP contribution in [0.25, 0.3) is 0 Å². The summed E-state index contributed by atoms with van der Waals surface area (Å²) in [5.74, 6) is 1.01. The lowest BCUT2D eigenvalue weighted by molar-refractivity contribution is -0.131. The monoisotopic (exact) mass is 306 g/mol. The van der Waals surface area contributed by atoms with E-state index >= 15 is 0 Å². The molecular weight excluding hydrogens is 276 g/mol. The van der Waals surface area contributed by atoms with Gasteiger partial charge < -0.3 is 15.4 Å². The minimum atomic E-state index is -0.0413. The maximum Gasteiger partial charge on any atom is 0.222 e. The predicted molar refractivity (Wildman–Crippen MR) is 91.1 cm³/mol. The number of carbonyl (C=O) groups is 1. The molecule has 1 amide bonds. The standard InChI is InChI=1S/C18H30N2O2/c1-14-8-9-16(11-15(14)2)22-10-6-7-17(21)20(5)13-18(3,4)12-19/h8-9,11H,6-7,10,12-13,19H2,1-5H3. The Morgan fingerprint density at radius 3 is 2.55 bits per heavy atom. The molecule has 0 spiro atoms. The second-order valence-corrected chi connectivity index (χ2v) is 6.82. The van der Waals surface area contributed by atoms with Crippen molar-refractivity contribution in [2.24, 2.45) is 11.1 Å². The third-order valence-corrected chi connectivity index (χ3v) is 3.93. The van der Waals surface area contributed by atoms with Gasteiger partial charge in [-0.15, -0.1) is 0 Å². The van der Waals surface area contributed by atoms with Crippen molar-refractivity contribution in [2.45, 2.75) is 40.5 Å². The number of nitrogens with zero attached hydrogens (tertiary/aromatic N) is 1. The Morgan fingerprint density at radius 1 is 1.27 bits per heavy atom. The minimum absolute atomic E-state index is 0.0413. The lowest BCUT2D eigenvalue weighted by atomic mass is 9.93. The highest BCUT2D eigenvalue weighted by molar-refractivity contribution is 5.75. The van der Waals surface area contributed by atoms with Gasteiger partial charge in [-0.1, -0.05) is 19.9 Å². The zero-order valence-electron chi connectivity index (χ0n) is 14.6. The molecule has 0 aliphatic rings. The maximum atomic E-state index is 12.1. The highest BCUT2D eigenvalue weighted by Crippen LogP contribution is 2.17. The second kappa shape index (κ2) is 8.18. The van der Waals surface area contributed by atoms with E-state index in [9.17, 15) is 4.79 Å². The van der Waals surface area contributed by atoms with Gasteiger partial charge in [0.15, 0.2) is 0 Å². The van der Waals surface area contributed by atoms with Gasteiger partial charge in [-0.05, 0) is 55.5 Å². The van der Waals surface area contributed by atoms with Crippen LogP contribution in [-0.2, 0) is 4.79 Å². The van der Waals surface area contributed by atoms with E-state index in [0.717, 1.165) is 12.2 Å². The molecule has 4 nitrogen and oxygen atoms in total. The summed E-state index contributed by atoms with van der Waals surface area (Å²) in [6.07, 6.45) is 1.22. The molecule has 0 aliphatic heterocycles. The molecule has 0 aromatic heterocycles. The molecule has 0 aliphatic carbocycles. The molecular formula is C18H30N2O2. The third kappa shape index (κ3) is 6.06. The van der Waals surface area contributed by atoms with Gasteiger partial charge in [0.05, 0.1) is 6.61 Å². The minimum Gasteiger partial charge on any atom is -0.494 e. The van der Waals surface area contributed by atoms with Crippen LogP contribution >= 0.6 is 0 Å². The maximum absolute atomic E-state index is 12.1. The molecule has 1 aromatic rings. The van der Waals surface area contributed by atoms with Crippen molar-refractivity contribution in [2.75, 3.05) is 26.7 Å². The summed E-state index contributed by atoms with van der Waals surface area (Å²) in [6, 6.07) is 6.06. The van der Waals surface area contributed by atoms with Crippen LogP contribution in [0.3, 0.4) is 0 Å². The summed E-state index contributed by atoms with van der Waals surface area (Å²) in [6.45, 7) is 10.1. The quantitative estimate of drug-likeness (QED) is 0.751. The molecule has 22 heavy (non-hydrogen) atoms. The molecule has 0 fully saturated rings. The number of aryl methyl sites for hydroxylation is 2. The molecule has 124 valence electrons. The average Bonchev–Trinajstić information content (AvgIpc) is 2.46. The fourth-order valence-corrected chi connectivity index (χ4v) is 2.20. The highest BCUT2D eigenvalue weighted by Gasteiger charge is 2.20. The zero-order chi connectivity index (χ0) is 16.8. The first-order valence-electron chi connectivity index (χ1n) is 7.89. The summed E-state index contributed by atoms with van der Waals surface area (Å²) >= 11 is 0. The van der Waals surface area contributed by atoms with Crippen LogP contribution in [-0.4, -0.2) is 37.6 Å². The Kier molecular flexibility index (Phi) is 6.88. The van der Waals surface area contributed by atoms with Gasteiger partial charge in [0.2, 0.25) is 5.91 Å². The van der Waals surface area contributed by atoms with E-state index in [4.69, 9.17) is 10.5 Å². The predicted octanol–water partition coefficient (Wildman–Crippen LogP) is 2.91. The third-order valence-electron chi connectivity index (χ3n) is 3.93. The average molecular weight is 306 g/mol. The fraction of sp³-hybridized carbons (Fsp3) is 0.611. The van der Waals surface area contributed by atoms with E-state index in [-0.39, 0.29) is 11.3 Å². The molecule has 0 saturated carbocycles. The molecule has 0 radical (unpaired) electrons. The topological polar surface area (TPSA) is 55.6 Å². The van der Waals surface area contributed by atoms with Crippen molar-refractivity contribution < 1.29 is 9.53 Å². The van der Waals surface area contributed by atoms with Gasteiger partial charge in [-0.3, -0.25) is 4.79 Å². The fourth-order valence-electron chi connectivity index (χ4n) is 2.20. The Balaban J connectivity index is 2.31. The van der Waals surface area contributed by atoms with Crippen molar-refractivity contribution in [3.63, 3.8) is 0 Å². The van der Waals surface area contributed by atoms with Gasteiger partial charge >= 0.3 is 0 Å². The lowest BCUT2D eigenvalue weighted by Crippen LogP contribution is -2.39. The number of rotatable bonds is 8. The van der Waals surface area contributed by atoms with E-state index in [1.54, 1.807) is 4.90 Å². The molecule has 1 rings (SSSR count). The van der Waals surface area contributed by atoms with Gasteiger partial charge in [-0.2, -0.15) is 0 Å². The molecule has 0 saturated heterocycles. The largest absolute Gasteiger partial charge is 0.494 e. The summed E-state index contributed by atoms with van der Waals surface area (Å²) < 4.78 is 5.70. The summed E-state index contributed by atoms with van der Waals surface area (Å²) in [7, 11) is 1.84. The number of carbonyl (C=O) groups excluding carboxylic acids is 1. The van der Waals surface area contributed by atoms with Crippen LogP contribution in [0.4, 0.5) is 0 Å². The van der Waals surface area contributed by atoms with Crippen molar-refractivity contribution in [1.29, 1.82) is 0 Å². The van der Waals surface area contributed by atoms with Crippen molar-refractivity contribution in [3.8, 4) is 5.75 Å². The molecule has 1 aromatic carbocycles. The molecule has 0 bridgehead atoms. The molecule has 0 atom stereocenters. The van der Waals surface area contributed by atoms with Crippen LogP contribution < -0.4 is 10.5 Å². The molecule has 4 heteroatoms. The molecule has 0 heterocycles. The number of nitrogens with two attached hydrogens (primary N) is 1. The second-order valence-electron chi connectivity index (χ2n) is 6.82. The summed E-state index contributed by atoms with van der Waals surface area (Å²) in [5.41, 5.74) is 8.14. The SMILES string of the molecule is Cc1ccc(OCCCC(=O)N(C)CC(C)(C)CN)cc1C. The van der Waals surface area contributed by atoms with E-state index in [1.807, 2.05) is 19.2 Å². The zero-order valence-corrected chi connectivity index (χ0v) is 14.6. The number of benzene rings is 1. The van der Waals surface area contributed by atoms with Crippen molar-refractivity contribution in [3.05, 3.63) is 29.3 Å². The van der Waals surface area contributed by atoms with Gasteiger partial charge in [0.25, 0.3) is 0 Å². The first kappa shape index (κ1) is 18.5. The van der Waals surface area contributed by atoms with Gasteiger partial charge in [0.1, 0.15) is 5.75 Å². The number of hydrogen-bond acceptors (Lipinski definition) is 3. The van der Waals surface area contributed by atoms with E-state index in [2.05, 4.69) is 33.8 Å². The van der Waals surface area contributed by atoms with Crippen LogP contribution in [0.5, 0.6) is 5.75 Å². The molecule has 2 N–H and O–H groups in total. The van der Waals surface area contributed by atoms with Crippen molar-refractivity contribution >= 4 is 5.91 Å². The van der Waals surface area contributed by atoms with Crippen LogP contribution in [0, 0.1) is 19.3 Å². The summed E-state index contributed by atoms with van der Waals surface area (Å²) in [5, 5.41) is 0. The van der Waals surface area contributed by atoms with Gasteiger partial charge in [-0.25, -0.2) is 0 Å². The lowest BCUT2D eigenvalue weighted by Gasteiger charge is -2.29. The highest BCUT2D eigenvalue weighted by atomic mass is 16.5. The Bertz CT molecular complexity index is 498. The van der Waals surface area contributed by atoms with Gasteiger partial charge in [0, 0.05) is 20.0 Å². The summed E-state index contributed by atoms with van der Waals surface area (Å²) in [4.78, 5) is 13.8. The van der Waals surface area contributed by atoms with E-state index in [1.165, 1.54) is 11.1 Å². The Hall–Kier alpha value is -1.55. The van der Waals surface area contributed by atoms with Crippen LogP contribution in [0.1, 0.15) is 37.8 Å². The number of ether oxygens (including phenoxy) is 1. The number of amides is 1. The molecule has 0 unspecified atom stereocenters. The van der Waals surface area contributed by atoms with Crippen LogP contribution in [0.2, 0.25) is 0 Å². The first-order valence-corrected chi connectivity index (χ1v) is 7.89. The Morgan fingerprint density at radius 2 is 1.95 bits per heavy atom. The normalized spacial score (nSPS) is 11.4. The first-order chi connectivity index (χ1) is 10.2. The number of hydrogen-bond donors (Lipinski definition) is 1. The van der Waals surface area contributed by atoms with Crippen LogP contribution in [0.15, 0.2) is 18.2 Å². The van der Waals surface area contributed by atoms with E-state index in [0.29, 0.717) is 26.1 Å². The smallest absolute Gasteiger partial charge is 0.222 e. The van der Waals surface area contributed by atoms with Crippen molar-refractivity contribution in [1.82, 2.24) is 4.90 Å².